The van der Waals surface area contributed by atoms with Crippen molar-refractivity contribution in [2.75, 3.05) is 4.90 Å². The van der Waals surface area contributed by atoms with E-state index in [1.807, 2.05) is 0 Å². The van der Waals surface area contributed by atoms with Crippen molar-refractivity contribution >= 4 is 39.0 Å². The van der Waals surface area contributed by atoms with E-state index in [9.17, 15) is 0 Å². The molecule has 11 aromatic carbocycles. The van der Waals surface area contributed by atoms with Gasteiger partial charge < -0.3 is 9.32 Å². The summed E-state index contributed by atoms with van der Waals surface area (Å²) in [5.41, 5.74) is 27.6. The minimum Gasteiger partial charge on any atom is -0.455 e. The van der Waals surface area contributed by atoms with Crippen LogP contribution in [0.1, 0.15) is 96.1 Å². The van der Waals surface area contributed by atoms with Gasteiger partial charge in [0, 0.05) is 49.5 Å². The molecule has 0 saturated heterocycles. The van der Waals surface area contributed by atoms with Crippen LogP contribution in [0.3, 0.4) is 0 Å². The Morgan fingerprint density at radius 2 is 0.793 bits per heavy atom. The van der Waals surface area contributed by atoms with Gasteiger partial charge >= 0.3 is 0 Å². The molecule has 2 nitrogen and oxygen atoms in total. The first-order valence-corrected chi connectivity index (χ1v) is 30.1. The summed E-state index contributed by atoms with van der Waals surface area (Å²) >= 11 is 0. The van der Waals surface area contributed by atoms with Crippen LogP contribution in [0.4, 0.5) is 17.1 Å². The fourth-order valence-corrected chi connectivity index (χ4v) is 19.0. The molecule has 82 heavy (non-hydrogen) atoms. The summed E-state index contributed by atoms with van der Waals surface area (Å²) in [6.45, 7) is 0. The molecule has 18 rings (SSSR count). The summed E-state index contributed by atoms with van der Waals surface area (Å²) in [7, 11) is 0. The average molecular weight is 1050 g/mol. The molecule has 3 fully saturated rings. The van der Waals surface area contributed by atoms with Crippen molar-refractivity contribution in [2.45, 2.75) is 78.9 Å². The Balaban J connectivity index is 0.911. The molecule has 3 spiro atoms. The van der Waals surface area contributed by atoms with E-state index in [1.54, 1.807) is 27.8 Å². The van der Waals surface area contributed by atoms with E-state index < -0.39 is 0 Å². The molecule has 6 bridgehead atoms. The summed E-state index contributed by atoms with van der Waals surface area (Å²) in [6.07, 6.45) is 8.03. The minimum atomic E-state index is -0.187. The largest absolute Gasteiger partial charge is 0.455 e. The molecule has 0 radical (unpaired) electrons. The zero-order chi connectivity index (χ0) is 53.7. The lowest BCUT2D eigenvalue weighted by Gasteiger charge is -2.67. The fraction of sp³-hybridized carbons (Fsp3) is 0.175. The summed E-state index contributed by atoms with van der Waals surface area (Å²) in [5, 5.41) is 2.29. The first-order valence-electron chi connectivity index (χ1n) is 30.1. The third kappa shape index (κ3) is 6.47. The standard InChI is InChI=1S/C80H61NO/c1-2-18-51(19-3-1)52-36-40-57(41-37-52)81(58-42-38-53(39-43-58)62-29-16-30-69-67-27-12-15-35-74(67)82-76(62)69)73-34-17-33-72-75(73)68-28-9-6-22-61(68)55-47-78(72)45-44-54-46-79(70-31-13-10-25-65(70)63-23-7-4-20-59(54)63)49-56-50-80(48-55,77(78)79)71-32-14-11-26-66(71)64-24-8-5-21-60(56)64/h1-43,54-56,77H,44-50H2. The van der Waals surface area contributed by atoms with Crippen molar-refractivity contribution in [1.82, 2.24) is 0 Å². The summed E-state index contributed by atoms with van der Waals surface area (Å²) < 4.78 is 6.65. The van der Waals surface area contributed by atoms with Gasteiger partial charge in [0.2, 0.25) is 0 Å². The van der Waals surface area contributed by atoms with E-state index in [0.717, 1.165) is 89.4 Å². The van der Waals surface area contributed by atoms with Gasteiger partial charge in [-0.25, -0.2) is 0 Å². The Labute approximate surface area is 480 Å². The van der Waals surface area contributed by atoms with E-state index >= 15 is 0 Å². The van der Waals surface area contributed by atoms with Crippen LogP contribution in [0.5, 0.6) is 0 Å². The summed E-state index contributed by atoms with van der Waals surface area (Å²) in [6, 6.07) is 101. The first-order chi connectivity index (χ1) is 40.6. The molecule has 0 amide bonds. The van der Waals surface area contributed by atoms with Crippen LogP contribution in [0.2, 0.25) is 0 Å². The molecule has 12 aromatic rings. The topological polar surface area (TPSA) is 16.4 Å². The van der Waals surface area contributed by atoms with Crippen molar-refractivity contribution in [3.8, 4) is 55.6 Å². The quantitative estimate of drug-likeness (QED) is 0.171. The summed E-state index contributed by atoms with van der Waals surface area (Å²) in [4.78, 5) is 2.60. The van der Waals surface area contributed by atoms with Crippen LogP contribution in [-0.2, 0) is 16.2 Å². The zero-order valence-electron chi connectivity index (χ0n) is 45.9. The van der Waals surface area contributed by atoms with Gasteiger partial charge in [0.15, 0.2) is 0 Å². The summed E-state index contributed by atoms with van der Waals surface area (Å²) in [5.74, 6) is 1.49. The van der Waals surface area contributed by atoms with Crippen LogP contribution < -0.4 is 4.90 Å². The Morgan fingerprint density at radius 3 is 1.46 bits per heavy atom. The lowest BCUT2D eigenvalue weighted by Crippen LogP contribution is -2.64. The normalized spacial score (nSPS) is 23.9. The second-order valence-corrected chi connectivity index (χ2v) is 25.2. The molecule has 7 unspecified atom stereocenters. The molecule has 6 aliphatic rings. The number of hydrogen-bond donors (Lipinski definition) is 0. The van der Waals surface area contributed by atoms with E-state index in [2.05, 4.69) is 266 Å². The third-order valence-corrected chi connectivity index (χ3v) is 21.5. The lowest BCUT2D eigenvalue weighted by molar-refractivity contribution is -0.0410. The van der Waals surface area contributed by atoms with Gasteiger partial charge in [0.05, 0.1) is 5.69 Å². The maximum atomic E-state index is 6.65. The highest BCUT2D eigenvalue weighted by molar-refractivity contribution is 6.09. The molecule has 6 aliphatic carbocycles. The maximum Gasteiger partial charge on any atom is 0.143 e. The van der Waals surface area contributed by atoms with Gasteiger partial charge in [0.1, 0.15) is 11.2 Å². The van der Waals surface area contributed by atoms with Crippen molar-refractivity contribution in [1.29, 1.82) is 0 Å². The van der Waals surface area contributed by atoms with Crippen molar-refractivity contribution in [3.05, 3.63) is 294 Å². The van der Waals surface area contributed by atoms with Crippen LogP contribution >= 0.6 is 0 Å². The highest BCUT2D eigenvalue weighted by Gasteiger charge is 2.71. The maximum absolute atomic E-state index is 6.65. The van der Waals surface area contributed by atoms with E-state index in [-0.39, 0.29) is 16.2 Å². The minimum absolute atomic E-state index is 0.129. The molecular weight excluding hydrogens is 991 g/mol. The molecule has 2 heteroatoms. The van der Waals surface area contributed by atoms with Crippen molar-refractivity contribution in [3.63, 3.8) is 0 Å². The number of benzene rings is 11. The van der Waals surface area contributed by atoms with Crippen LogP contribution in [0.15, 0.2) is 265 Å². The number of anilines is 3. The average Bonchev–Trinajstić information content (AvgIpc) is 1.66. The zero-order valence-corrected chi connectivity index (χ0v) is 45.9. The second-order valence-electron chi connectivity index (χ2n) is 25.2. The van der Waals surface area contributed by atoms with Crippen molar-refractivity contribution < 1.29 is 4.42 Å². The molecule has 0 aliphatic heterocycles. The monoisotopic (exact) mass is 1050 g/mol. The van der Waals surface area contributed by atoms with Gasteiger partial charge in [-0.2, -0.15) is 0 Å². The third-order valence-electron chi connectivity index (χ3n) is 21.5. The number of nitrogens with zero attached hydrogens (tertiary/aromatic N) is 1. The number of fused-ring (bicyclic) bond motifs is 18. The highest BCUT2D eigenvalue weighted by Crippen LogP contribution is 2.78. The van der Waals surface area contributed by atoms with Crippen LogP contribution in [0, 0.1) is 5.92 Å². The fourth-order valence-electron chi connectivity index (χ4n) is 19.0. The van der Waals surface area contributed by atoms with Crippen molar-refractivity contribution in [2.24, 2.45) is 5.92 Å². The van der Waals surface area contributed by atoms with E-state index in [0.29, 0.717) is 23.7 Å². The number of para-hydroxylation sites is 2. The van der Waals surface area contributed by atoms with Crippen LogP contribution in [-0.4, -0.2) is 0 Å². The number of furan rings is 1. The molecule has 3 saturated carbocycles. The second kappa shape index (κ2) is 17.5. The van der Waals surface area contributed by atoms with Gasteiger partial charge in [-0.05, 0) is 183 Å². The van der Waals surface area contributed by atoms with Gasteiger partial charge in [-0.1, -0.05) is 224 Å². The van der Waals surface area contributed by atoms with E-state index in [4.69, 9.17) is 4.42 Å². The molecule has 1 heterocycles. The molecule has 7 atom stereocenters. The molecule has 0 N–H and O–H groups in total. The van der Waals surface area contributed by atoms with Gasteiger partial charge in [-0.15, -0.1) is 0 Å². The highest BCUT2D eigenvalue weighted by atomic mass is 16.3. The molecule has 392 valence electrons. The predicted molar refractivity (Wildman–Crippen MR) is 338 cm³/mol. The van der Waals surface area contributed by atoms with Crippen LogP contribution in [0.25, 0.3) is 77.6 Å². The van der Waals surface area contributed by atoms with E-state index in [1.165, 1.54) is 55.8 Å². The van der Waals surface area contributed by atoms with Gasteiger partial charge in [-0.3, -0.25) is 0 Å². The molecular formula is C80H61NO. The Hall–Kier alpha value is -8.98. The molecule has 1 aromatic heterocycles. The smallest absolute Gasteiger partial charge is 0.143 e. The first kappa shape index (κ1) is 46.7. The number of rotatable bonds is 5. The lowest BCUT2D eigenvalue weighted by atomic mass is 9.36. The Kier molecular flexibility index (Phi) is 9.98. The SMILES string of the molecule is c1ccc(-c2ccc(N(c3ccc(-c4cccc5c4oc4ccccc45)cc3)c3cccc4c3-c3ccccc3C3CC56CC(CC78CC(CCC4(C3)C75)c3ccccc3-c3ccccc38)c3ccccc3-c3ccccc36)cc2)cc1. The number of hydrogen-bond acceptors (Lipinski definition) is 2. The van der Waals surface area contributed by atoms with Gasteiger partial charge in [0.25, 0.3) is 0 Å². The Bertz CT molecular complexity index is 4550. The Morgan fingerprint density at radius 1 is 0.329 bits per heavy atom. The predicted octanol–water partition coefficient (Wildman–Crippen LogP) is 21.2.